The number of nitrogens with one attached hydrogen (secondary N) is 1. The summed E-state index contributed by atoms with van der Waals surface area (Å²) in [5, 5.41) is 15.0. The molecule has 21 heavy (non-hydrogen) atoms. The van der Waals surface area contributed by atoms with Crippen LogP contribution < -0.4 is 5.32 Å². The standard InChI is InChI=1S/C17H20N2O2/c1-2-13-18-17(19(20)21,16-11-7-4-8-12-16)14-15-9-5-3-6-10-15/h3-12,18H,2,13-14H2,1H3. The normalized spacial score (nSPS) is 13.6. The van der Waals surface area contributed by atoms with E-state index in [1.165, 1.54) is 0 Å². The number of hydrogen-bond acceptors (Lipinski definition) is 3. The molecule has 4 nitrogen and oxygen atoms in total. The van der Waals surface area contributed by atoms with Crippen molar-refractivity contribution in [2.75, 3.05) is 6.54 Å². The van der Waals surface area contributed by atoms with Crippen molar-refractivity contribution < 1.29 is 4.92 Å². The summed E-state index contributed by atoms with van der Waals surface area (Å²) in [4.78, 5) is 11.7. The zero-order chi connectivity index (χ0) is 15.1. The molecule has 0 fully saturated rings. The van der Waals surface area contributed by atoms with Crippen molar-refractivity contribution in [2.45, 2.75) is 25.4 Å². The lowest BCUT2D eigenvalue weighted by molar-refractivity contribution is -0.588. The van der Waals surface area contributed by atoms with Crippen LogP contribution in [0.3, 0.4) is 0 Å². The Bertz CT molecular complexity index is 572. The van der Waals surface area contributed by atoms with Crippen molar-refractivity contribution in [3.05, 3.63) is 81.9 Å². The second-order valence-corrected chi connectivity index (χ2v) is 5.07. The first-order valence-corrected chi connectivity index (χ1v) is 7.18. The third-order valence-corrected chi connectivity index (χ3v) is 3.53. The summed E-state index contributed by atoms with van der Waals surface area (Å²) in [7, 11) is 0. The second-order valence-electron chi connectivity index (χ2n) is 5.07. The maximum Gasteiger partial charge on any atom is 0.304 e. The molecule has 110 valence electrons. The largest absolute Gasteiger partial charge is 0.304 e. The predicted octanol–water partition coefficient (Wildman–Crippen LogP) is 3.36. The summed E-state index contributed by atoms with van der Waals surface area (Å²) in [6, 6.07) is 18.8. The molecule has 0 saturated heterocycles. The lowest BCUT2D eigenvalue weighted by atomic mass is 9.92. The van der Waals surface area contributed by atoms with Crippen LogP contribution in [0.25, 0.3) is 0 Å². The maximum absolute atomic E-state index is 11.9. The van der Waals surface area contributed by atoms with Gasteiger partial charge >= 0.3 is 5.66 Å². The molecule has 0 radical (unpaired) electrons. The zero-order valence-corrected chi connectivity index (χ0v) is 12.2. The van der Waals surface area contributed by atoms with Crippen molar-refractivity contribution in [2.24, 2.45) is 0 Å². The molecule has 0 aliphatic heterocycles. The highest BCUT2D eigenvalue weighted by Gasteiger charge is 2.44. The van der Waals surface area contributed by atoms with Crippen molar-refractivity contribution >= 4 is 0 Å². The first kappa shape index (κ1) is 15.2. The van der Waals surface area contributed by atoms with Gasteiger partial charge in [0.15, 0.2) is 0 Å². The Morgan fingerprint density at radius 2 is 1.62 bits per heavy atom. The Morgan fingerprint density at radius 3 is 2.14 bits per heavy atom. The van der Waals surface area contributed by atoms with E-state index in [1.807, 2.05) is 67.6 Å². The molecule has 0 saturated carbocycles. The van der Waals surface area contributed by atoms with Crippen molar-refractivity contribution in [1.29, 1.82) is 0 Å². The van der Waals surface area contributed by atoms with Crippen LogP contribution in [0.5, 0.6) is 0 Å². The van der Waals surface area contributed by atoms with E-state index < -0.39 is 5.66 Å². The van der Waals surface area contributed by atoms with Gasteiger partial charge in [-0.1, -0.05) is 67.6 Å². The molecule has 0 bridgehead atoms. The van der Waals surface area contributed by atoms with Gasteiger partial charge in [-0.15, -0.1) is 0 Å². The van der Waals surface area contributed by atoms with E-state index in [2.05, 4.69) is 5.32 Å². The van der Waals surface area contributed by atoms with Crippen molar-refractivity contribution in [1.82, 2.24) is 5.32 Å². The third kappa shape index (κ3) is 3.47. The molecule has 2 aromatic rings. The third-order valence-electron chi connectivity index (χ3n) is 3.53. The molecule has 0 aliphatic carbocycles. The van der Waals surface area contributed by atoms with Gasteiger partial charge in [0, 0.05) is 17.0 Å². The highest BCUT2D eigenvalue weighted by atomic mass is 16.6. The van der Waals surface area contributed by atoms with E-state index in [1.54, 1.807) is 0 Å². The Kier molecular flexibility index (Phi) is 5.06. The minimum Gasteiger partial charge on any atom is -0.262 e. The summed E-state index contributed by atoms with van der Waals surface area (Å²) in [6.07, 6.45) is 1.17. The van der Waals surface area contributed by atoms with Gasteiger partial charge in [-0.25, -0.2) is 5.32 Å². The van der Waals surface area contributed by atoms with Gasteiger partial charge in [-0.3, -0.25) is 10.1 Å². The fraction of sp³-hybridized carbons (Fsp3) is 0.294. The minimum atomic E-state index is -1.28. The summed E-state index contributed by atoms with van der Waals surface area (Å²) in [5.41, 5.74) is 0.354. The van der Waals surface area contributed by atoms with Gasteiger partial charge in [0.2, 0.25) is 0 Å². The first-order valence-electron chi connectivity index (χ1n) is 7.18. The number of nitrogens with zero attached hydrogens (tertiary/aromatic N) is 1. The van der Waals surface area contributed by atoms with E-state index in [0.717, 1.165) is 12.0 Å². The zero-order valence-electron chi connectivity index (χ0n) is 12.2. The molecule has 1 N–H and O–H groups in total. The van der Waals surface area contributed by atoms with Gasteiger partial charge in [0.25, 0.3) is 0 Å². The molecule has 0 aliphatic rings. The van der Waals surface area contributed by atoms with Crippen LogP contribution in [0.4, 0.5) is 0 Å². The van der Waals surface area contributed by atoms with Gasteiger partial charge in [0.1, 0.15) is 0 Å². The number of hydrogen-bond donors (Lipinski definition) is 1. The summed E-state index contributed by atoms with van der Waals surface area (Å²) in [6.45, 7) is 2.61. The van der Waals surface area contributed by atoms with E-state index in [4.69, 9.17) is 0 Å². The topological polar surface area (TPSA) is 55.2 Å². The first-order chi connectivity index (χ1) is 10.2. The van der Waals surface area contributed by atoms with Crippen LogP contribution in [0, 0.1) is 10.1 Å². The molecular formula is C17H20N2O2. The SMILES string of the molecule is CCCNC(Cc1ccccc1)(c1ccccc1)[N+](=O)[O-]. The molecule has 1 unspecified atom stereocenters. The molecular weight excluding hydrogens is 264 g/mol. The fourth-order valence-corrected chi connectivity index (χ4v) is 2.44. The molecule has 2 rings (SSSR count). The lowest BCUT2D eigenvalue weighted by Crippen LogP contribution is -2.51. The van der Waals surface area contributed by atoms with Crippen molar-refractivity contribution in [3.63, 3.8) is 0 Å². The number of nitro groups is 1. The molecule has 2 aromatic carbocycles. The molecule has 4 heteroatoms. The van der Waals surface area contributed by atoms with Gasteiger partial charge in [0.05, 0.1) is 6.42 Å². The van der Waals surface area contributed by atoms with Crippen LogP contribution in [0.2, 0.25) is 0 Å². The smallest absolute Gasteiger partial charge is 0.262 e. The highest BCUT2D eigenvalue weighted by Crippen LogP contribution is 2.26. The van der Waals surface area contributed by atoms with E-state index in [9.17, 15) is 10.1 Å². The highest BCUT2D eigenvalue weighted by molar-refractivity contribution is 5.26. The van der Waals surface area contributed by atoms with E-state index in [0.29, 0.717) is 18.5 Å². The Balaban J connectivity index is 2.43. The second kappa shape index (κ2) is 6.99. The fourth-order valence-electron chi connectivity index (χ4n) is 2.44. The molecule has 1 atom stereocenters. The minimum absolute atomic E-state index is 0.203. The van der Waals surface area contributed by atoms with Crippen LogP contribution in [0.15, 0.2) is 60.7 Å². The maximum atomic E-state index is 11.9. The average Bonchev–Trinajstić information content (AvgIpc) is 2.53. The molecule has 0 heterocycles. The van der Waals surface area contributed by atoms with Gasteiger partial charge in [-0.2, -0.15) is 0 Å². The molecule has 0 amide bonds. The van der Waals surface area contributed by atoms with E-state index in [-0.39, 0.29) is 4.92 Å². The van der Waals surface area contributed by atoms with E-state index >= 15 is 0 Å². The number of rotatable bonds is 7. The van der Waals surface area contributed by atoms with Crippen LogP contribution in [-0.4, -0.2) is 11.5 Å². The summed E-state index contributed by atoms with van der Waals surface area (Å²) in [5.74, 6) is 0. The molecule has 0 aromatic heterocycles. The number of benzene rings is 2. The Morgan fingerprint density at radius 1 is 1.05 bits per heavy atom. The monoisotopic (exact) mass is 284 g/mol. The van der Waals surface area contributed by atoms with Crippen LogP contribution in [-0.2, 0) is 12.1 Å². The summed E-state index contributed by atoms with van der Waals surface area (Å²) >= 11 is 0. The summed E-state index contributed by atoms with van der Waals surface area (Å²) < 4.78 is 0. The average molecular weight is 284 g/mol. The quantitative estimate of drug-likeness (QED) is 0.482. The van der Waals surface area contributed by atoms with Crippen molar-refractivity contribution in [3.8, 4) is 0 Å². The predicted molar refractivity (Wildman–Crippen MR) is 83.6 cm³/mol. The molecule has 0 spiro atoms. The van der Waals surface area contributed by atoms with Gasteiger partial charge in [-0.05, 0) is 12.0 Å². The van der Waals surface area contributed by atoms with Crippen LogP contribution in [0.1, 0.15) is 24.5 Å². The van der Waals surface area contributed by atoms with Crippen LogP contribution >= 0.6 is 0 Å². The Hall–Kier alpha value is -2.20. The van der Waals surface area contributed by atoms with Gasteiger partial charge < -0.3 is 0 Å². The Labute approximate surface area is 125 Å². The lowest BCUT2D eigenvalue weighted by Gasteiger charge is -2.27.